The molecule has 0 saturated carbocycles. The second-order valence-corrected chi connectivity index (χ2v) is 7.78. The molecule has 9 heteroatoms. The van der Waals surface area contributed by atoms with Crippen molar-refractivity contribution in [2.75, 3.05) is 20.5 Å². The molecule has 2 aliphatic rings. The number of hydrogen-bond acceptors (Lipinski definition) is 7. The number of carbonyl (C=O) groups excluding carboxylic acids is 2. The average Bonchev–Trinajstić information content (AvgIpc) is 3.28. The van der Waals surface area contributed by atoms with Gasteiger partial charge in [-0.25, -0.2) is 0 Å². The minimum Gasteiger partial charge on any atom is -0.493 e. The summed E-state index contributed by atoms with van der Waals surface area (Å²) in [7, 11) is 1.55. The van der Waals surface area contributed by atoms with Gasteiger partial charge in [0.2, 0.25) is 6.79 Å². The van der Waals surface area contributed by atoms with Crippen LogP contribution in [0.15, 0.2) is 35.2 Å². The first kappa shape index (κ1) is 20.4. The molecule has 0 spiro atoms. The van der Waals surface area contributed by atoms with Crippen LogP contribution in [0.4, 0.5) is 4.79 Å². The van der Waals surface area contributed by atoms with Crippen molar-refractivity contribution in [2.24, 2.45) is 0 Å². The first-order valence-electron chi connectivity index (χ1n) is 9.15. The van der Waals surface area contributed by atoms with E-state index in [4.69, 9.17) is 30.5 Å². The number of para-hydroxylation sites is 1. The van der Waals surface area contributed by atoms with Crippen molar-refractivity contribution >= 4 is 40.6 Å². The molecule has 4 rings (SSSR count). The summed E-state index contributed by atoms with van der Waals surface area (Å²) in [5.74, 6) is 1.75. The Morgan fingerprint density at radius 2 is 2.00 bits per heavy atom. The van der Waals surface area contributed by atoms with Crippen molar-refractivity contribution < 1.29 is 28.5 Å². The summed E-state index contributed by atoms with van der Waals surface area (Å²) in [6, 6.07) is 8.68. The lowest BCUT2D eigenvalue weighted by Gasteiger charge is -2.14. The molecule has 2 amide bonds. The molecule has 0 aliphatic carbocycles. The third-order valence-electron chi connectivity index (χ3n) is 4.55. The minimum atomic E-state index is -0.399. The van der Waals surface area contributed by atoms with Crippen LogP contribution in [0.2, 0.25) is 5.02 Å². The Labute approximate surface area is 182 Å². The van der Waals surface area contributed by atoms with Crippen LogP contribution in [-0.4, -0.2) is 36.6 Å². The van der Waals surface area contributed by atoms with Gasteiger partial charge in [-0.2, -0.15) is 0 Å². The van der Waals surface area contributed by atoms with Crippen molar-refractivity contribution in [3.05, 3.63) is 51.4 Å². The van der Waals surface area contributed by atoms with Gasteiger partial charge >= 0.3 is 0 Å². The summed E-state index contributed by atoms with van der Waals surface area (Å²) in [4.78, 5) is 26.9. The van der Waals surface area contributed by atoms with E-state index in [1.54, 1.807) is 43.5 Å². The number of halogens is 1. The fourth-order valence-electron chi connectivity index (χ4n) is 3.13. The lowest BCUT2D eigenvalue weighted by molar-refractivity contribution is -0.123. The molecule has 0 unspecified atom stereocenters. The van der Waals surface area contributed by atoms with Crippen LogP contribution in [0.3, 0.4) is 0 Å². The van der Waals surface area contributed by atoms with E-state index in [0.717, 1.165) is 16.7 Å². The maximum atomic E-state index is 12.9. The van der Waals surface area contributed by atoms with Crippen LogP contribution in [0.5, 0.6) is 23.0 Å². The number of nitrogens with zero attached hydrogens (tertiary/aromatic N) is 1. The van der Waals surface area contributed by atoms with Gasteiger partial charge in [0, 0.05) is 16.7 Å². The standard InChI is InChI=1S/C21H18ClNO6S/c1-3-27-19-12(5-4-6-15(19)26-2)8-18-20(24)23(21(25)30-18)10-13-7-16-17(9-14(13)22)29-11-28-16/h4-9H,3,10-11H2,1-2H3/b18-8-. The summed E-state index contributed by atoms with van der Waals surface area (Å²) >= 11 is 7.17. The topological polar surface area (TPSA) is 74.3 Å². The van der Waals surface area contributed by atoms with Gasteiger partial charge in [0.05, 0.1) is 25.2 Å². The molecule has 0 radical (unpaired) electrons. The molecule has 0 atom stereocenters. The number of rotatable bonds is 6. The highest BCUT2D eigenvalue weighted by Gasteiger charge is 2.36. The van der Waals surface area contributed by atoms with Crippen LogP contribution in [0, 0.1) is 0 Å². The van der Waals surface area contributed by atoms with Gasteiger partial charge in [0.15, 0.2) is 23.0 Å². The number of carbonyl (C=O) groups is 2. The van der Waals surface area contributed by atoms with Gasteiger partial charge in [-0.05, 0) is 42.5 Å². The van der Waals surface area contributed by atoms with Gasteiger partial charge < -0.3 is 18.9 Å². The Kier molecular flexibility index (Phi) is 5.78. The Morgan fingerprint density at radius 3 is 2.73 bits per heavy atom. The third-order valence-corrected chi connectivity index (χ3v) is 5.81. The quantitative estimate of drug-likeness (QED) is 0.593. The Hall–Kier alpha value is -2.84. The molecule has 0 bridgehead atoms. The largest absolute Gasteiger partial charge is 0.493 e. The first-order chi connectivity index (χ1) is 14.5. The Morgan fingerprint density at radius 1 is 1.23 bits per heavy atom. The van der Waals surface area contributed by atoms with E-state index in [1.807, 2.05) is 6.92 Å². The number of amides is 2. The van der Waals surface area contributed by atoms with Crippen molar-refractivity contribution in [2.45, 2.75) is 13.5 Å². The molecule has 1 saturated heterocycles. The van der Waals surface area contributed by atoms with Gasteiger partial charge in [-0.1, -0.05) is 23.7 Å². The molecular formula is C21H18ClNO6S. The fourth-order valence-corrected chi connectivity index (χ4v) is 4.18. The number of benzene rings is 2. The van der Waals surface area contributed by atoms with Crippen molar-refractivity contribution in [3.8, 4) is 23.0 Å². The minimum absolute atomic E-state index is 0.0356. The molecule has 2 aromatic rings. The highest BCUT2D eigenvalue weighted by Crippen LogP contribution is 2.40. The Bertz CT molecular complexity index is 1050. The SMILES string of the molecule is CCOc1c(/C=C2\SC(=O)N(Cc3cc4c(cc3Cl)OCO4)C2=O)cccc1OC. The predicted molar refractivity (Wildman–Crippen MR) is 113 cm³/mol. The van der Waals surface area contributed by atoms with Crippen LogP contribution in [-0.2, 0) is 11.3 Å². The van der Waals surface area contributed by atoms with E-state index in [-0.39, 0.29) is 18.6 Å². The number of methoxy groups -OCH3 is 1. The van der Waals surface area contributed by atoms with E-state index in [0.29, 0.717) is 50.7 Å². The summed E-state index contributed by atoms with van der Waals surface area (Å²) in [6.07, 6.45) is 1.64. The molecule has 30 heavy (non-hydrogen) atoms. The zero-order valence-corrected chi connectivity index (χ0v) is 17.8. The van der Waals surface area contributed by atoms with Crippen molar-refractivity contribution in [3.63, 3.8) is 0 Å². The molecule has 156 valence electrons. The highest BCUT2D eigenvalue weighted by molar-refractivity contribution is 8.18. The molecule has 7 nitrogen and oxygen atoms in total. The van der Waals surface area contributed by atoms with E-state index < -0.39 is 5.91 Å². The maximum absolute atomic E-state index is 12.9. The molecule has 2 aromatic carbocycles. The lowest BCUT2D eigenvalue weighted by atomic mass is 10.1. The third kappa shape index (κ3) is 3.80. The summed E-state index contributed by atoms with van der Waals surface area (Å²) in [6.45, 7) is 2.44. The monoisotopic (exact) mass is 447 g/mol. The summed E-state index contributed by atoms with van der Waals surface area (Å²) in [5, 5.41) is 0.0227. The molecule has 0 aromatic heterocycles. The predicted octanol–water partition coefficient (Wildman–Crippen LogP) is 4.71. The van der Waals surface area contributed by atoms with Gasteiger partial charge in [0.25, 0.3) is 11.1 Å². The summed E-state index contributed by atoms with van der Waals surface area (Å²) in [5.41, 5.74) is 1.25. The normalized spacial score (nSPS) is 16.5. The van der Waals surface area contributed by atoms with E-state index >= 15 is 0 Å². The van der Waals surface area contributed by atoms with E-state index in [9.17, 15) is 9.59 Å². The number of imide groups is 1. The maximum Gasteiger partial charge on any atom is 0.293 e. The number of ether oxygens (including phenoxy) is 4. The molecule has 0 N–H and O–H groups in total. The number of thioether (sulfide) groups is 1. The summed E-state index contributed by atoms with van der Waals surface area (Å²) < 4.78 is 21.7. The van der Waals surface area contributed by atoms with Gasteiger partial charge in [-0.15, -0.1) is 0 Å². The zero-order chi connectivity index (χ0) is 21.3. The van der Waals surface area contributed by atoms with Crippen LogP contribution in [0.1, 0.15) is 18.1 Å². The second-order valence-electron chi connectivity index (χ2n) is 6.38. The highest BCUT2D eigenvalue weighted by atomic mass is 35.5. The van der Waals surface area contributed by atoms with Crippen molar-refractivity contribution in [1.82, 2.24) is 4.90 Å². The van der Waals surface area contributed by atoms with Crippen LogP contribution in [0.25, 0.3) is 6.08 Å². The average molecular weight is 448 g/mol. The smallest absolute Gasteiger partial charge is 0.293 e. The molecule has 1 fully saturated rings. The van der Waals surface area contributed by atoms with Crippen molar-refractivity contribution in [1.29, 1.82) is 0 Å². The number of hydrogen-bond donors (Lipinski definition) is 0. The first-order valence-corrected chi connectivity index (χ1v) is 10.3. The molecule has 2 aliphatic heterocycles. The number of fused-ring (bicyclic) bond motifs is 1. The fraction of sp³-hybridized carbons (Fsp3) is 0.238. The lowest BCUT2D eigenvalue weighted by Crippen LogP contribution is -2.27. The van der Waals surface area contributed by atoms with Crippen LogP contribution >= 0.6 is 23.4 Å². The second kappa shape index (κ2) is 8.49. The molecular weight excluding hydrogens is 430 g/mol. The van der Waals surface area contributed by atoms with Gasteiger partial charge in [0.1, 0.15) is 0 Å². The van der Waals surface area contributed by atoms with Crippen LogP contribution < -0.4 is 18.9 Å². The molecule has 2 heterocycles. The van der Waals surface area contributed by atoms with E-state index in [2.05, 4.69) is 0 Å². The Balaban J connectivity index is 1.61. The zero-order valence-electron chi connectivity index (χ0n) is 16.3. The van der Waals surface area contributed by atoms with E-state index in [1.165, 1.54) is 0 Å². The van der Waals surface area contributed by atoms with Gasteiger partial charge in [-0.3, -0.25) is 14.5 Å².